The molecule has 0 atom stereocenters. The summed E-state index contributed by atoms with van der Waals surface area (Å²) in [5.74, 6) is -0.150. The Bertz CT molecular complexity index is 1290. The molecule has 0 radical (unpaired) electrons. The highest BCUT2D eigenvalue weighted by Gasteiger charge is 2.13. The molecule has 0 aliphatic heterocycles. The number of ether oxygens (including phenoxy) is 1. The van der Waals surface area contributed by atoms with Gasteiger partial charge in [0, 0.05) is 21.3 Å². The van der Waals surface area contributed by atoms with Crippen LogP contribution in [0.5, 0.6) is 5.75 Å². The predicted molar refractivity (Wildman–Crippen MR) is 128 cm³/mol. The SMILES string of the molecule is N#C/C(=C\c1cc(Br)ccc1OCc1ccccc1C#N)C(=O)Nc1ccc(Cl)c(Cl)c1. The minimum atomic E-state index is -0.605. The van der Waals surface area contributed by atoms with E-state index in [0.717, 1.165) is 10.0 Å². The molecule has 0 unspecified atom stereocenters. The van der Waals surface area contributed by atoms with Crippen LogP contribution in [-0.4, -0.2) is 5.91 Å². The number of halogens is 3. The second-order valence-corrected chi connectivity index (χ2v) is 8.22. The van der Waals surface area contributed by atoms with E-state index in [1.807, 2.05) is 12.1 Å². The number of carbonyl (C=O) groups is 1. The van der Waals surface area contributed by atoms with E-state index < -0.39 is 5.91 Å². The first-order valence-corrected chi connectivity index (χ1v) is 10.7. The topological polar surface area (TPSA) is 85.9 Å². The lowest BCUT2D eigenvalue weighted by Crippen LogP contribution is -2.13. The van der Waals surface area contributed by atoms with Crippen LogP contribution in [0, 0.1) is 22.7 Å². The second-order valence-electron chi connectivity index (χ2n) is 6.49. The van der Waals surface area contributed by atoms with Gasteiger partial charge in [-0.25, -0.2) is 0 Å². The van der Waals surface area contributed by atoms with Gasteiger partial charge in [-0.2, -0.15) is 10.5 Å². The molecule has 0 aromatic heterocycles. The van der Waals surface area contributed by atoms with Crippen molar-refractivity contribution in [2.24, 2.45) is 0 Å². The van der Waals surface area contributed by atoms with Crippen LogP contribution in [0.25, 0.3) is 6.08 Å². The van der Waals surface area contributed by atoms with E-state index >= 15 is 0 Å². The maximum absolute atomic E-state index is 12.6. The summed E-state index contributed by atoms with van der Waals surface area (Å²) in [6, 6.07) is 21.0. The van der Waals surface area contributed by atoms with Gasteiger partial charge in [-0.3, -0.25) is 4.79 Å². The lowest BCUT2D eigenvalue weighted by Gasteiger charge is -2.11. The highest BCUT2D eigenvalue weighted by atomic mass is 79.9. The lowest BCUT2D eigenvalue weighted by atomic mass is 10.1. The molecule has 0 spiro atoms. The molecule has 8 heteroatoms. The van der Waals surface area contributed by atoms with E-state index in [4.69, 9.17) is 27.9 Å². The average Bonchev–Trinajstić information content (AvgIpc) is 2.79. The monoisotopic (exact) mass is 525 g/mol. The molecule has 158 valence electrons. The van der Waals surface area contributed by atoms with E-state index in [1.54, 1.807) is 48.5 Å². The van der Waals surface area contributed by atoms with Gasteiger partial charge in [0.25, 0.3) is 5.91 Å². The van der Waals surface area contributed by atoms with Crippen LogP contribution in [0.1, 0.15) is 16.7 Å². The zero-order valence-electron chi connectivity index (χ0n) is 16.4. The van der Waals surface area contributed by atoms with Crippen LogP contribution in [-0.2, 0) is 11.4 Å². The molecule has 0 heterocycles. The summed E-state index contributed by atoms with van der Waals surface area (Å²) in [6.45, 7) is 0.156. The van der Waals surface area contributed by atoms with Crippen molar-refractivity contribution in [3.05, 3.63) is 97.4 Å². The van der Waals surface area contributed by atoms with Crippen molar-refractivity contribution in [2.45, 2.75) is 6.61 Å². The van der Waals surface area contributed by atoms with Crippen molar-refractivity contribution in [2.75, 3.05) is 5.32 Å². The Morgan fingerprint density at radius 2 is 1.84 bits per heavy atom. The zero-order chi connectivity index (χ0) is 23.1. The highest BCUT2D eigenvalue weighted by molar-refractivity contribution is 9.10. The molecule has 3 aromatic carbocycles. The summed E-state index contributed by atoms with van der Waals surface area (Å²) in [5.41, 5.74) is 2.04. The van der Waals surface area contributed by atoms with E-state index in [1.165, 1.54) is 12.1 Å². The van der Waals surface area contributed by atoms with Crippen molar-refractivity contribution < 1.29 is 9.53 Å². The van der Waals surface area contributed by atoms with Crippen LogP contribution in [0.2, 0.25) is 10.0 Å². The summed E-state index contributed by atoms with van der Waals surface area (Å²) in [4.78, 5) is 12.6. The van der Waals surface area contributed by atoms with Crippen LogP contribution in [0.3, 0.4) is 0 Å². The van der Waals surface area contributed by atoms with Crippen LogP contribution >= 0.6 is 39.1 Å². The number of nitrogens with zero attached hydrogens (tertiary/aromatic N) is 2. The molecule has 1 amide bonds. The first kappa shape index (κ1) is 23.4. The van der Waals surface area contributed by atoms with Gasteiger partial charge in [-0.15, -0.1) is 0 Å². The third kappa shape index (κ3) is 5.90. The van der Waals surface area contributed by atoms with Crippen LogP contribution < -0.4 is 10.1 Å². The maximum atomic E-state index is 12.6. The molecule has 0 fully saturated rings. The van der Waals surface area contributed by atoms with Gasteiger partial charge in [0.2, 0.25) is 0 Å². The van der Waals surface area contributed by atoms with Gasteiger partial charge in [-0.1, -0.05) is 57.3 Å². The number of carbonyl (C=O) groups excluding carboxylic acids is 1. The summed E-state index contributed by atoms with van der Waals surface area (Å²) >= 11 is 15.3. The van der Waals surface area contributed by atoms with Gasteiger partial charge >= 0.3 is 0 Å². The number of nitriles is 2. The maximum Gasteiger partial charge on any atom is 0.266 e. The normalized spacial score (nSPS) is 10.7. The standard InChI is InChI=1S/C24H14BrCl2N3O2/c25-19-5-8-23(32-14-16-4-2-1-3-15(16)12-28)17(10-19)9-18(13-29)24(31)30-20-6-7-21(26)22(27)11-20/h1-11H,14H2,(H,30,31)/b18-9+. The zero-order valence-corrected chi connectivity index (χ0v) is 19.5. The molecule has 0 aliphatic carbocycles. The fourth-order valence-corrected chi connectivity index (χ4v) is 3.43. The van der Waals surface area contributed by atoms with E-state index in [9.17, 15) is 15.3 Å². The fraction of sp³-hybridized carbons (Fsp3) is 0.0417. The number of anilines is 1. The minimum Gasteiger partial charge on any atom is -0.488 e. The molecule has 0 aliphatic rings. The van der Waals surface area contributed by atoms with Crippen LogP contribution in [0.4, 0.5) is 5.69 Å². The molecule has 0 bridgehead atoms. The largest absolute Gasteiger partial charge is 0.488 e. The van der Waals surface area contributed by atoms with Crippen molar-refractivity contribution in [3.8, 4) is 17.9 Å². The number of benzene rings is 3. The van der Waals surface area contributed by atoms with Crippen molar-refractivity contribution >= 4 is 56.8 Å². The molecular formula is C24H14BrCl2N3O2. The first-order chi connectivity index (χ1) is 15.4. The Hall–Kier alpha value is -3.29. The molecular weight excluding hydrogens is 513 g/mol. The number of rotatable bonds is 6. The van der Waals surface area contributed by atoms with E-state index in [-0.39, 0.29) is 17.2 Å². The third-order valence-electron chi connectivity index (χ3n) is 4.34. The van der Waals surface area contributed by atoms with Gasteiger partial charge in [0.05, 0.1) is 21.7 Å². The summed E-state index contributed by atoms with van der Waals surface area (Å²) in [5, 5.41) is 22.1. The quantitative estimate of drug-likeness (QED) is 0.284. The number of hydrogen-bond donors (Lipinski definition) is 1. The predicted octanol–water partition coefficient (Wildman–Crippen LogP) is 6.75. The molecule has 0 saturated heterocycles. The van der Waals surface area contributed by atoms with Gasteiger partial charge in [0.1, 0.15) is 24.0 Å². The Morgan fingerprint density at radius 3 is 2.56 bits per heavy atom. The summed E-state index contributed by atoms with van der Waals surface area (Å²) in [7, 11) is 0. The molecule has 1 N–H and O–H groups in total. The van der Waals surface area contributed by atoms with E-state index in [2.05, 4.69) is 27.3 Å². The highest BCUT2D eigenvalue weighted by Crippen LogP contribution is 2.28. The Morgan fingerprint density at radius 1 is 1.06 bits per heavy atom. The fourth-order valence-electron chi connectivity index (χ4n) is 2.75. The number of nitrogens with one attached hydrogen (secondary N) is 1. The summed E-state index contributed by atoms with van der Waals surface area (Å²) < 4.78 is 6.65. The van der Waals surface area contributed by atoms with Gasteiger partial charge < -0.3 is 10.1 Å². The van der Waals surface area contributed by atoms with Crippen molar-refractivity contribution in [3.63, 3.8) is 0 Å². The number of hydrogen-bond acceptors (Lipinski definition) is 4. The van der Waals surface area contributed by atoms with Crippen LogP contribution in [0.15, 0.2) is 70.7 Å². The Balaban J connectivity index is 1.86. The first-order valence-electron chi connectivity index (χ1n) is 9.20. The smallest absolute Gasteiger partial charge is 0.266 e. The molecule has 5 nitrogen and oxygen atoms in total. The van der Waals surface area contributed by atoms with Crippen molar-refractivity contribution in [1.82, 2.24) is 0 Å². The van der Waals surface area contributed by atoms with Gasteiger partial charge in [0.15, 0.2) is 0 Å². The van der Waals surface area contributed by atoms with E-state index in [0.29, 0.717) is 27.6 Å². The molecule has 32 heavy (non-hydrogen) atoms. The Labute approximate surface area is 203 Å². The Kier molecular flexibility index (Phi) is 7.92. The molecule has 3 aromatic rings. The van der Waals surface area contributed by atoms with Crippen molar-refractivity contribution in [1.29, 1.82) is 10.5 Å². The second kappa shape index (κ2) is 10.8. The lowest BCUT2D eigenvalue weighted by molar-refractivity contribution is -0.112. The number of amides is 1. The van der Waals surface area contributed by atoms with Gasteiger partial charge in [-0.05, 0) is 48.5 Å². The third-order valence-corrected chi connectivity index (χ3v) is 5.57. The molecule has 0 saturated carbocycles. The minimum absolute atomic E-state index is 0.128. The average molecular weight is 527 g/mol. The summed E-state index contributed by atoms with van der Waals surface area (Å²) in [6.07, 6.45) is 1.43. The molecule has 3 rings (SSSR count).